The maximum Gasteiger partial charge on any atom is 0.0708 e. The molecule has 0 amide bonds. The Morgan fingerprint density at radius 3 is 2.84 bits per heavy atom. The number of aromatic nitrogens is 1. The lowest BCUT2D eigenvalue weighted by Crippen LogP contribution is -2.27. The first-order valence-electron chi connectivity index (χ1n) is 6.93. The zero-order valence-corrected chi connectivity index (χ0v) is 12.0. The molecule has 0 radical (unpaired) electrons. The molecule has 1 aliphatic carbocycles. The molecular formula is C16H19ClN2. The van der Waals surface area contributed by atoms with E-state index in [-0.39, 0.29) is 0 Å². The lowest BCUT2D eigenvalue weighted by atomic mass is 10.1. The highest BCUT2D eigenvalue weighted by molar-refractivity contribution is 6.18. The van der Waals surface area contributed by atoms with Gasteiger partial charge in [0.2, 0.25) is 0 Å². The van der Waals surface area contributed by atoms with Crippen molar-refractivity contribution >= 4 is 22.5 Å². The van der Waals surface area contributed by atoms with E-state index in [9.17, 15) is 0 Å². The van der Waals surface area contributed by atoms with E-state index in [1.165, 1.54) is 23.8 Å². The molecule has 0 atom stereocenters. The Hall–Kier alpha value is -1.12. The van der Waals surface area contributed by atoms with Crippen molar-refractivity contribution in [1.29, 1.82) is 0 Å². The lowest BCUT2D eigenvalue weighted by Gasteiger charge is -2.21. The second-order valence-corrected chi connectivity index (χ2v) is 5.71. The fraction of sp³-hybridized carbons (Fsp3) is 0.438. The van der Waals surface area contributed by atoms with Gasteiger partial charge in [-0.05, 0) is 37.5 Å². The van der Waals surface area contributed by atoms with Crippen LogP contribution in [0.4, 0.5) is 0 Å². The van der Waals surface area contributed by atoms with E-state index in [1.54, 1.807) is 0 Å². The molecule has 100 valence electrons. The number of halogens is 1. The van der Waals surface area contributed by atoms with Crippen molar-refractivity contribution in [2.24, 2.45) is 0 Å². The normalized spacial score (nSPS) is 15.3. The number of hydrogen-bond acceptors (Lipinski definition) is 2. The van der Waals surface area contributed by atoms with Gasteiger partial charge < -0.3 is 0 Å². The lowest BCUT2D eigenvalue weighted by molar-refractivity contribution is 0.272. The zero-order valence-electron chi connectivity index (χ0n) is 11.3. The van der Waals surface area contributed by atoms with E-state index < -0.39 is 0 Å². The van der Waals surface area contributed by atoms with Gasteiger partial charge in [-0.2, -0.15) is 0 Å². The van der Waals surface area contributed by atoms with Gasteiger partial charge in [0.25, 0.3) is 0 Å². The van der Waals surface area contributed by atoms with Gasteiger partial charge in [-0.3, -0.25) is 9.88 Å². The maximum absolute atomic E-state index is 5.93. The predicted octanol–water partition coefficient (Wildman–Crippen LogP) is 3.75. The van der Waals surface area contributed by atoms with Crippen molar-refractivity contribution in [1.82, 2.24) is 9.88 Å². The van der Waals surface area contributed by atoms with Gasteiger partial charge >= 0.3 is 0 Å². The van der Waals surface area contributed by atoms with Gasteiger partial charge in [-0.15, -0.1) is 11.6 Å². The topological polar surface area (TPSA) is 16.1 Å². The summed E-state index contributed by atoms with van der Waals surface area (Å²) < 4.78 is 0. The van der Waals surface area contributed by atoms with E-state index in [0.29, 0.717) is 5.88 Å². The Morgan fingerprint density at radius 2 is 2.11 bits per heavy atom. The number of para-hydroxylation sites is 1. The first-order chi connectivity index (χ1) is 9.28. The van der Waals surface area contributed by atoms with E-state index in [2.05, 4.69) is 47.1 Å². The third-order valence-corrected chi connectivity index (χ3v) is 3.91. The third kappa shape index (κ3) is 2.90. The molecule has 3 heteroatoms. The van der Waals surface area contributed by atoms with Gasteiger partial charge in [0, 0.05) is 36.1 Å². The van der Waals surface area contributed by atoms with E-state index >= 15 is 0 Å². The molecule has 3 rings (SSSR count). The minimum Gasteiger partial charge on any atom is -0.295 e. The number of pyridine rings is 1. The quantitative estimate of drug-likeness (QED) is 0.772. The van der Waals surface area contributed by atoms with Crippen LogP contribution in [-0.4, -0.2) is 28.4 Å². The maximum atomic E-state index is 5.93. The summed E-state index contributed by atoms with van der Waals surface area (Å²) in [7, 11) is 0. The van der Waals surface area contributed by atoms with E-state index in [1.807, 2.05) is 0 Å². The first-order valence-corrected chi connectivity index (χ1v) is 7.46. The van der Waals surface area contributed by atoms with Gasteiger partial charge in [0.05, 0.1) is 5.52 Å². The molecule has 2 aromatic rings. The van der Waals surface area contributed by atoms with Crippen LogP contribution in [0.25, 0.3) is 10.9 Å². The summed E-state index contributed by atoms with van der Waals surface area (Å²) in [6, 6.07) is 11.4. The highest BCUT2D eigenvalue weighted by Gasteiger charge is 2.28. The number of alkyl halides is 1. The molecule has 2 nitrogen and oxygen atoms in total. The van der Waals surface area contributed by atoms with Crippen LogP contribution in [0.3, 0.4) is 0 Å². The third-order valence-electron chi connectivity index (χ3n) is 3.74. The first kappa shape index (κ1) is 12.9. The molecule has 0 aliphatic heterocycles. The molecule has 0 bridgehead atoms. The fourth-order valence-corrected chi connectivity index (χ4v) is 2.90. The molecule has 1 aromatic heterocycles. The van der Waals surface area contributed by atoms with Crippen LogP contribution in [0.15, 0.2) is 30.3 Å². The summed E-state index contributed by atoms with van der Waals surface area (Å²) in [5.74, 6) is 0.707. The summed E-state index contributed by atoms with van der Waals surface area (Å²) >= 11 is 5.93. The van der Waals surface area contributed by atoms with Crippen molar-refractivity contribution in [2.45, 2.75) is 32.4 Å². The van der Waals surface area contributed by atoms with E-state index in [0.717, 1.165) is 30.3 Å². The summed E-state index contributed by atoms with van der Waals surface area (Å²) in [5.41, 5.74) is 3.56. The molecule has 0 unspecified atom stereocenters. The second kappa shape index (κ2) is 5.48. The monoisotopic (exact) mass is 274 g/mol. The van der Waals surface area contributed by atoms with Crippen molar-refractivity contribution in [3.63, 3.8) is 0 Å². The van der Waals surface area contributed by atoms with Crippen LogP contribution in [0, 0.1) is 6.92 Å². The van der Waals surface area contributed by atoms with Crippen LogP contribution < -0.4 is 0 Å². The van der Waals surface area contributed by atoms with Gasteiger partial charge in [-0.25, -0.2) is 0 Å². The molecule has 1 aromatic carbocycles. The number of rotatable bonds is 5. The molecule has 0 N–H and O–H groups in total. The predicted molar refractivity (Wildman–Crippen MR) is 80.6 cm³/mol. The number of hydrogen-bond donors (Lipinski definition) is 0. The minimum absolute atomic E-state index is 0.707. The highest BCUT2D eigenvalue weighted by atomic mass is 35.5. The number of nitrogens with zero attached hydrogens (tertiary/aromatic N) is 2. The molecule has 19 heavy (non-hydrogen) atoms. The van der Waals surface area contributed by atoms with Crippen LogP contribution in [0.1, 0.15) is 24.1 Å². The Morgan fingerprint density at radius 1 is 1.32 bits per heavy atom. The number of aryl methyl sites for hydroxylation is 1. The summed E-state index contributed by atoms with van der Waals surface area (Å²) in [6.07, 6.45) is 2.64. The zero-order chi connectivity index (χ0) is 13.2. The van der Waals surface area contributed by atoms with Crippen LogP contribution in [0.2, 0.25) is 0 Å². The Labute approximate surface area is 119 Å². The molecule has 1 saturated carbocycles. The van der Waals surface area contributed by atoms with Crippen molar-refractivity contribution in [2.75, 3.05) is 12.4 Å². The smallest absolute Gasteiger partial charge is 0.0708 e. The second-order valence-electron chi connectivity index (χ2n) is 5.33. The van der Waals surface area contributed by atoms with E-state index in [4.69, 9.17) is 11.6 Å². The number of fused-ring (bicyclic) bond motifs is 1. The van der Waals surface area contributed by atoms with Crippen molar-refractivity contribution < 1.29 is 0 Å². The molecule has 1 aliphatic rings. The standard InChI is InChI=1S/C16H19ClN2/c1-12-10-13(11-19(9-8-17)14-6-7-14)15-4-2-3-5-16(15)18-12/h2-5,10,14H,6-9,11H2,1H3. The van der Waals surface area contributed by atoms with Crippen LogP contribution >= 0.6 is 11.6 Å². The molecule has 0 spiro atoms. The summed E-state index contributed by atoms with van der Waals surface area (Å²) in [4.78, 5) is 7.11. The number of benzene rings is 1. The molecular weight excluding hydrogens is 256 g/mol. The Bertz CT molecular complexity index is 578. The van der Waals surface area contributed by atoms with Crippen molar-refractivity contribution in [3.05, 3.63) is 41.6 Å². The fourth-order valence-electron chi connectivity index (χ4n) is 2.68. The summed E-state index contributed by atoms with van der Waals surface area (Å²) in [5, 5.41) is 1.27. The average Bonchev–Trinajstić information content (AvgIpc) is 3.22. The molecule has 1 heterocycles. The van der Waals surface area contributed by atoms with Crippen molar-refractivity contribution in [3.8, 4) is 0 Å². The van der Waals surface area contributed by atoms with Crippen LogP contribution in [-0.2, 0) is 6.54 Å². The van der Waals surface area contributed by atoms with Gasteiger partial charge in [0.1, 0.15) is 0 Å². The SMILES string of the molecule is Cc1cc(CN(CCCl)C2CC2)c2ccccc2n1. The van der Waals surface area contributed by atoms with Gasteiger partial charge in [0.15, 0.2) is 0 Å². The van der Waals surface area contributed by atoms with Gasteiger partial charge in [-0.1, -0.05) is 18.2 Å². The molecule has 0 saturated heterocycles. The Kier molecular flexibility index (Phi) is 3.72. The largest absolute Gasteiger partial charge is 0.295 e. The Balaban J connectivity index is 1.94. The minimum atomic E-state index is 0.707. The molecule has 1 fully saturated rings. The highest BCUT2D eigenvalue weighted by Crippen LogP contribution is 2.29. The summed E-state index contributed by atoms with van der Waals surface area (Å²) in [6.45, 7) is 4.03. The van der Waals surface area contributed by atoms with Crippen LogP contribution in [0.5, 0.6) is 0 Å². The average molecular weight is 275 g/mol.